The Labute approximate surface area is 221 Å². The van der Waals surface area contributed by atoms with Crippen LogP contribution >= 0.6 is 0 Å². The van der Waals surface area contributed by atoms with E-state index in [1.165, 1.54) is 18.2 Å². The van der Waals surface area contributed by atoms with Crippen molar-refractivity contribution < 1.29 is 23.1 Å². The molecule has 0 aliphatic carbocycles. The van der Waals surface area contributed by atoms with Crippen LogP contribution in [0.1, 0.15) is 0 Å². The molecule has 4 aromatic carbocycles. The summed E-state index contributed by atoms with van der Waals surface area (Å²) in [5, 5.41) is 1.45. The predicted octanol–water partition coefficient (Wildman–Crippen LogP) is 6.22. The van der Waals surface area contributed by atoms with Gasteiger partial charge in [0, 0.05) is 35.0 Å². The van der Waals surface area contributed by atoms with Crippen LogP contribution in [0.15, 0.2) is 128 Å². The SMILES string of the molecule is O=C(COc1ccc2c(-c3ccccc3)cc(=O)oc2c1)Oc1ccc2c(-c3ccccc3)cc(=O)oc2c1. The first-order chi connectivity index (χ1) is 19.0. The van der Waals surface area contributed by atoms with Crippen molar-refractivity contribution in [2.45, 2.75) is 0 Å². The summed E-state index contributed by atoms with van der Waals surface area (Å²) in [6.45, 7) is -0.389. The van der Waals surface area contributed by atoms with Crippen molar-refractivity contribution >= 4 is 27.9 Å². The highest BCUT2D eigenvalue weighted by atomic mass is 16.6. The Balaban J connectivity index is 1.19. The van der Waals surface area contributed by atoms with Crippen molar-refractivity contribution in [1.82, 2.24) is 0 Å². The lowest BCUT2D eigenvalue weighted by atomic mass is 10.0. The van der Waals surface area contributed by atoms with Crippen LogP contribution in [0.3, 0.4) is 0 Å². The van der Waals surface area contributed by atoms with E-state index < -0.39 is 17.2 Å². The van der Waals surface area contributed by atoms with Gasteiger partial charge < -0.3 is 18.3 Å². The molecule has 0 atom stereocenters. The molecule has 39 heavy (non-hydrogen) atoms. The summed E-state index contributed by atoms with van der Waals surface area (Å²) in [5.74, 6) is -0.109. The van der Waals surface area contributed by atoms with E-state index >= 15 is 0 Å². The van der Waals surface area contributed by atoms with Crippen molar-refractivity contribution in [3.05, 3.63) is 130 Å². The fourth-order valence-electron chi connectivity index (χ4n) is 4.46. The number of ether oxygens (including phenoxy) is 2. The predicted molar refractivity (Wildman–Crippen MR) is 147 cm³/mol. The van der Waals surface area contributed by atoms with Crippen molar-refractivity contribution in [2.75, 3.05) is 6.61 Å². The minimum Gasteiger partial charge on any atom is -0.482 e. The van der Waals surface area contributed by atoms with Gasteiger partial charge in [-0.1, -0.05) is 60.7 Å². The second kappa shape index (κ2) is 10.1. The third-order valence-electron chi connectivity index (χ3n) is 6.19. The van der Waals surface area contributed by atoms with E-state index in [0.717, 1.165) is 27.6 Å². The summed E-state index contributed by atoms with van der Waals surface area (Å²) in [7, 11) is 0. The van der Waals surface area contributed by atoms with E-state index in [-0.39, 0.29) is 12.4 Å². The highest BCUT2D eigenvalue weighted by Gasteiger charge is 2.13. The molecule has 6 rings (SSSR count). The Morgan fingerprint density at radius 2 is 1.08 bits per heavy atom. The van der Waals surface area contributed by atoms with Gasteiger partial charge in [0.1, 0.15) is 22.7 Å². The molecule has 7 heteroatoms. The average molecular weight is 517 g/mol. The molecule has 0 aliphatic rings. The van der Waals surface area contributed by atoms with Crippen molar-refractivity contribution in [3.63, 3.8) is 0 Å². The van der Waals surface area contributed by atoms with Gasteiger partial charge in [-0.3, -0.25) is 0 Å². The summed E-state index contributed by atoms with van der Waals surface area (Å²) in [5.41, 5.74) is 2.86. The van der Waals surface area contributed by atoms with Crippen LogP contribution in [0.25, 0.3) is 44.2 Å². The summed E-state index contributed by atoms with van der Waals surface area (Å²) in [6.07, 6.45) is 0. The van der Waals surface area contributed by atoms with Gasteiger partial charge in [-0.25, -0.2) is 14.4 Å². The molecule has 0 fully saturated rings. The number of esters is 1. The van der Waals surface area contributed by atoms with Gasteiger partial charge in [-0.05, 0) is 46.5 Å². The zero-order valence-electron chi connectivity index (χ0n) is 20.5. The molecule has 6 aromatic rings. The zero-order valence-corrected chi connectivity index (χ0v) is 20.5. The molecule has 0 saturated carbocycles. The van der Waals surface area contributed by atoms with Gasteiger partial charge in [0.05, 0.1) is 0 Å². The van der Waals surface area contributed by atoms with Crippen molar-refractivity contribution in [1.29, 1.82) is 0 Å². The Bertz CT molecular complexity index is 1940. The third kappa shape index (κ3) is 5.06. The topological polar surface area (TPSA) is 96.0 Å². The van der Waals surface area contributed by atoms with Gasteiger partial charge >= 0.3 is 17.2 Å². The molecular formula is C32H20O7. The number of hydrogen-bond donors (Lipinski definition) is 0. The van der Waals surface area contributed by atoms with Crippen LogP contribution in [0.5, 0.6) is 11.5 Å². The minimum absolute atomic E-state index is 0.210. The second-order valence-corrected chi connectivity index (χ2v) is 8.77. The van der Waals surface area contributed by atoms with Gasteiger partial charge in [0.25, 0.3) is 0 Å². The fourth-order valence-corrected chi connectivity index (χ4v) is 4.46. The Morgan fingerprint density at radius 3 is 1.62 bits per heavy atom. The summed E-state index contributed by atoms with van der Waals surface area (Å²) in [6, 6.07) is 31.8. The molecule has 190 valence electrons. The number of hydrogen-bond acceptors (Lipinski definition) is 7. The normalized spacial score (nSPS) is 11.0. The first-order valence-corrected chi connectivity index (χ1v) is 12.1. The standard InChI is InChI=1S/C32H20O7/c33-30-17-26(20-7-3-1-4-8-20)24-13-11-22(15-28(24)38-30)36-19-32(35)37-23-12-14-25-27(21-9-5-2-6-10-21)18-31(34)39-29(25)16-23/h1-18H,19H2. The molecule has 7 nitrogen and oxygen atoms in total. The van der Waals surface area contributed by atoms with Crippen LogP contribution in [0.4, 0.5) is 0 Å². The summed E-state index contributed by atoms with van der Waals surface area (Å²) < 4.78 is 21.7. The molecule has 0 amide bonds. The van der Waals surface area contributed by atoms with E-state index in [4.69, 9.17) is 18.3 Å². The molecule has 0 bridgehead atoms. The quantitative estimate of drug-likeness (QED) is 0.147. The van der Waals surface area contributed by atoms with Crippen LogP contribution < -0.4 is 20.7 Å². The second-order valence-electron chi connectivity index (χ2n) is 8.77. The van der Waals surface area contributed by atoms with Crippen molar-refractivity contribution in [2.24, 2.45) is 0 Å². The van der Waals surface area contributed by atoms with E-state index in [1.807, 2.05) is 60.7 Å². The van der Waals surface area contributed by atoms with Gasteiger partial charge in [0.2, 0.25) is 0 Å². The fraction of sp³-hybridized carbons (Fsp3) is 0.0312. The third-order valence-corrected chi connectivity index (χ3v) is 6.19. The summed E-state index contributed by atoms with van der Waals surface area (Å²) in [4.78, 5) is 36.9. The number of carbonyl (C=O) groups is 1. The van der Waals surface area contributed by atoms with Gasteiger partial charge in [-0.2, -0.15) is 0 Å². The molecule has 0 N–H and O–H groups in total. The maximum Gasteiger partial charge on any atom is 0.349 e. The zero-order chi connectivity index (χ0) is 26.8. The van der Waals surface area contributed by atoms with E-state index in [2.05, 4.69) is 0 Å². The van der Waals surface area contributed by atoms with E-state index in [1.54, 1.807) is 30.3 Å². The van der Waals surface area contributed by atoms with Crippen LogP contribution in [0, 0.1) is 0 Å². The molecule has 2 heterocycles. The highest BCUT2D eigenvalue weighted by molar-refractivity contribution is 5.95. The maximum absolute atomic E-state index is 12.5. The maximum atomic E-state index is 12.5. The number of benzene rings is 4. The van der Waals surface area contributed by atoms with Crippen LogP contribution in [0.2, 0.25) is 0 Å². The molecular weight excluding hydrogens is 496 g/mol. The summed E-state index contributed by atoms with van der Waals surface area (Å²) >= 11 is 0. The van der Waals surface area contributed by atoms with Gasteiger partial charge in [0.15, 0.2) is 6.61 Å². The molecule has 0 spiro atoms. The number of rotatable bonds is 6. The highest BCUT2D eigenvalue weighted by Crippen LogP contribution is 2.31. The average Bonchev–Trinajstić information content (AvgIpc) is 2.95. The first-order valence-electron chi connectivity index (χ1n) is 12.1. The van der Waals surface area contributed by atoms with E-state index in [0.29, 0.717) is 22.3 Å². The lowest BCUT2D eigenvalue weighted by molar-refractivity contribution is -0.136. The van der Waals surface area contributed by atoms with Crippen molar-refractivity contribution in [3.8, 4) is 33.8 Å². The Hall–Kier alpha value is -5.43. The van der Waals surface area contributed by atoms with Crippen LogP contribution in [-0.4, -0.2) is 12.6 Å². The molecule has 0 saturated heterocycles. The monoisotopic (exact) mass is 516 g/mol. The molecule has 0 aliphatic heterocycles. The minimum atomic E-state index is -0.657. The molecule has 2 aromatic heterocycles. The Kier molecular flexibility index (Phi) is 6.23. The van der Waals surface area contributed by atoms with Gasteiger partial charge in [-0.15, -0.1) is 0 Å². The largest absolute Gasteiger partial charge is 0.482 e. The van der Waals surface area contributed by atoms with E-state index in [9.17, 15) is 14.4 Å². The lowest BCUT2D eigenvalue weighted by Gasteiger charge is -2.10. The smallest absolute Gasteiger partial charge is 0.349 e. The Morgan fingerprint density at radius 1 is 0.590 bits per heavy atom. The number of carbonyl (C=O) groups excluding carboxylic acids is 1. The first kappa shape index (κ1) is 23.9. The molecule has 0 unspecified atom stereocenters. The lowest BCUT2D eigenvalue weighted by Crippen LogP contribution is -2.17. The van der Waals surface area contributed by atoms with Crippen LogP contribution in [-0.2, 0) is 4.79 Å². The number of fused-ring (bicyclic) bond motifs is 2. The molecule has 0 radical (unpaired) electrons.